The Morgan fingerprint density at radius 3 is 1.50 bits per heavy atom. The van der Waals surface area contributed by atoms with Gasteiger partial charge in [-0.3, -0.25) is 10.6 Å². The van der Waals surface area contributed by atoms with Gasteiger partial charge in [-0.05, 0) is 59.7 Å². The van der Waals surface area contributed by atoms with Gasteiger partial charge in [-0.15, -0.1) is 0 Å². The van der Waals surface area contributed by atoms with E-state index in [-0.39, 0.29) is 0 Å². The molecule has 0 aliphatic rings. The van der Waals surface area contributed by atoms with Crippen LogP contribution in [0, 0.1) is 0 Å². The molecule has 6 heteroatoms. The first-order chi connectivity index (χ1) is 9.94. The minimum atomic E-state index is -0.573. The van der Waals surface area contributed by atoms with Crippen molar-refractivity contribution in [3.05, 3.63) is 24.3 Å². The fourth-order valence-corrected chi connectivity index (χ4v) is 1.52. The summed E-state index contributed by atoms with van der Waals surface area (Å²) in [5, 5.41) is 5.21. The van der Waals surface area contributed by atoms with Crippen molar-refractivity contribution in [3.8, 4) is 0 Å². The van der Waals surface area contributed by atoms with E-state index in [2.05, 4.69) is 10.6 Å². The minimum Gasteiger partial charge on any atom is -0.444 e. The largest absolute Gasteiger partial charge is 0.444 e. The van der Waals surface area contributed by atoms with E-state index in [1.807, 2.05) is 0 Å². The topological polar surface area (TPSA) is 76.7 Å². The molecule has 0 bridgehead atoms. The Kier molecular flexibility index (Phi) is 5.41. The molecule has 2 N–H and O–H groups in total. The number of ether oxygens (including phenoxy) is 2. The van der Waals surface area contributed by atoms with Gasteiger partial charge in [0.1, 0.15) is 11.2 Å². The number of carbonyl (C=O) groups is 2. The van der Waals surface area contributed by atoms with E-state index in [1.54, 1.807) is 65.8 Å². The van der Waals surface area contributed by atoms with E-state index in [9.17, 15) is 9.59 Å². The Balaban J connectivity index is 2.66. The van der Waals surface area contributed by atoms with Crippen molar-refractivity contribution < 1.29 is 19.1 Å². The molecule has 0 saturated heterocycles. The third-order valence-electron chi connectivity index (χ3n) is 2.15. The van der Waals surface area contributed by atoms with Crippen LogP contribution in [0.3, 0.4) is 0 Å². The Morgan fingerprint density at radius 1 is 0.818 bits per heavy atom. The molecule has 122 valence electrons. The molecule has 0 fully saturated rings. The molecule has 0 radical (unpaired) electrons. The molecular formula is C16H24N2O4. The van der Waals surface area contributed by atoms with Crippen LogP contribution in [0.25, 0.3) is 0 Å². The second kappa shape index (κ2) is 6.68. The van der Waals surface area contributed by atoms with Crippen LogP contribution in [0.5, 0.6) is 0 Å². The number of hydrogen-bond acceptors (Lipinski definition) is 4. The van der Waals surface area contributed by atoms with Gasteiger partial charge in [-0.2, -0.15) is 0 Å². The lowest BCUT2D eigenvalue weighted by molar-refractivity contribution is 0.0625. The molecule has 0 aromatic heterocycles. The average Bonchev–Trinajstić information content (AvgIpc) is 2.22. The van der Waals surface area contributed by atoms with Gasteiger partial charge < -0.3 is 9.47 Å². The SMILES string of the molecule is CC(C)(C)OC(=O)Nc1cccc(NC(=O)OC(C)(C)C)c1. The number of rotatable bonds is 2. The second-order valence-corrected chi connectivity index (χ2v) is 6.83. The fourth-order valence-electron chi connectivity index (χ4n) is 1.52. The quantitative estimate of drug-likeness (QED) is 0.850. The number of benzene rings is 1. The van der Waals surface area contributed by atoms with Crippen molar-refractivity contribution in [2.24, 2.45) is 0 Å². The van der Waals surface area contributed by atoms with Crippen molar-refractivity contribution in [2.75, 3.05) is 10.6 Å². The summed E-state index contributed by atoms with van der Waals surface area (Å²) >= 11 is 0. The molecule has 0 aliphatic carbocycles. The van der Waals surface area contributed by atoms with E-state index in [0.29, 0.717) is 11.4 Å². The maximum atomic E-state index is 11.7. The zero-order valence-corrected chi connectivity index (χ0v) is 13.9. The molecular weight excluding hydrogens is 284 g/mol. The van der Waals surface area contributed by atoms with Gasteiger partial charge in [0.25, 0.3) is 0 Å². The van der Waals surface area contributed by atoms with Crippen LogP contribution in [0.1, 0.15) is 41.5 Å². The third-order valence-corrected chi connectivity index (χ3v) is 2.15. The molecule has 1 aromatic rings. The molecule has 6 nitrogen and oxygen atoms in total. The van der Waals surface area contributed by atoms with Crippen molar-refractivity contribution >= 4 is 23.6 Å². The Hall–Kier alpha value is -2.24. The number of amides is 2. The van der Waals surface area contributed by atoms with E-state index >= 15 is 0 Å². The predicted molar refractivity (Wildman–Crippen MR) is 86.2 cm³/mol. The molecule has 0 unspecified atom stereocenters. The monoisotopic (exact) mass is 308 g/mol. The average molecular weight is 308 g/mol. The van der Waals surface area contributed by atoms with Crippen molar-refractivity contribution in [3.63, 3.8) is 0 Å². The van der Waals surface area contributed by atoms with Crippen LogP contribution in [-0.2, 0) is 9.47 Å². The van der Waals surface area contributed by atoms with Crippen molar-refractivity contribution in [2.45, 2.75) is 52.7 Å². The molecule has 0 saturated carbocycles. The van der Waals surface area contributed by atoms with Crippen LogP contribution in [-0.4, -0.2) is 23.4 Å². The normalized spacial score (nSPS) is 11.5. The summed E-state index contributed by atoms with van der Waals surface area (Å²) in [7, 11) is 0. The highest BCUT2D eigenvalue weighted by Crippen LogP contribution is 2.18. The Bertz CT molecular complexity index is 497. The molecule has 0 atom stereocenters. The lowest BCUT2D eigenvalue weighted by Crippen LogP contribution is -2.27. The maximum absolute atomic E-state index is 11.7. The summed E-state index contributed by atoms with van der Waals surface area (Å²) in [4.78, 5) is 23.4. The van der Waals surface area contributed by atoms with Gasteiger partial charge in [0.05, 0.1) is 0 Å². The van der Waals surface area contributed by atoms with Gasteiger partial charge in [-0.25, -0.2) is 9.59 Å². The lowest BCUT2D eigenvalue weighted by atomic mass is 10.2. The van der Waals surface area contributed by atoms with Crippen molar-refractivity contribution in [1.82, 2.24) is 0 Å². The zero-order valence-electron chi connectivity index (χ0n) is 13.9. The Labute approximate surface area is 131 Å². The van der Waals surface area contributed by atoms with Crippen LogP contribution in [0.2, 0.25) is 0 Å². The third kappa shape index (κ3) is 7.52. The number of hydrogen-bond donors (Lipinski definition) is 2. The summed E-state index contributed by atoms with van der Waals surface area (Å²) in [5.74, 6) is 0. The van der Waals surface area contributed by atoms with Gasteiger partial charge >= 0.3 is 12.2 Å². The van der Waals surface area contributed by atoms with Crippen LogP contribution < -0.4 is 10.6 Å². The summed E-state index contributed by atoms with van der Waals surface area (Å²) in [6.07, 6.45) is -1.11. The summed E-state index contributed by atoms with van der Waals surface area (Å²) in [6.45, 7) is 10.7. The highest BCUT2D eigenvalue weighted by molar-refractivity contribution is 5.88. The van der Waals surface area contributed by atoms with Crippen LogP contribution >= 0.6 is 0 Å². The highest BCUT2D eigenvalue weighted by Gasteiger charge is 2.17. The summed E-state index contributed by atoms with van der Waals surface area (Å²) in [5.41, 5.74) is -0.113. The minimum absolute atomic E-state index is 0.516. The predicted octanol–water partition coefficient (Wildman–Crippen LogP) is 4.38. The van der Waals surface area contributed by atoms with E-state index in [1.165, 1.54) is 0 Å². The molecule has 0 spiro atoms. The standard InChI is InChI=1S/C16H24N2O4/c1-15(2,3)21-13(19)17-11-8-7-9-12(10-11)18-14(20)22-16(4,5)6/h7-10H,1-6H3,(H,17,19)(H,18,20). The van der Waals surface area contributed by atoms with Gasteiger partial charge in [-0.1, -0.05) is 6.07 Å². The Morgan fingerprint density at radius 2 is 1.18 bits per heavy atom. The van der Waals surface area contributed by atoms with Crippen molar-refractivity contribution in [1.29, 1.82) is 0 Å². The molecule has 0 aliphatic heterocycles. The molecule has 22 heavy (non-hydrogen) atoms. The molecule has 0 heterocycles. The van der Waals surface area contributed by atoms with Gasteiger partial charge in [0.15, 0.2) is 0 Å². The first kappa shape index (κ1) is 17.8. The first-order valence-corrected chi connectivity index (χ1v) is 7.05. The number of carbonyl (C=O) groups excluding carboxylic acids is 2. The van der Waals surface area contributed by atoms with E-state index in [0.717, 1.165) is 0 Å². The lowest BCUT2D eigenvalue weighted by Gasteiger charge is -2.20. The van der Waals surface area contributed by atoms with Gasteiger partial charge in [0.2, 0.25) is 0 Å². The smallest absolute Gasteiger partial charge is 0.412 e. The first-order valence-electron chi connectivity index (χ1n) is 7.05. The molecule has 2 amide bonds. The number of anilines is 2. The number of nitrogens with one attached hydrogen (secondary N) is 2. The zero-order chi connectivity index (χ0) is 17.0. The van der Waals surface area contributed by atoms with Crippen LogP contribution in [0.4, 0.5) is 21.0 Å². The van der Waals surface area contributed by atoms with Crippen LogP contribution in [0.15, 0.2) is 24.3 Å². The summed E-state index contributed by atoms with van der Waals surface area (Å²) < 4.78 is 10.3. The highest BCUT2D eigenvalue weighted by atomic mass is 16.6. The van der Waals surface area contributed by atoms with E-state index in [4.69, 9.17) is 9.47 Å². The molecule has 1 aromatic carbocycles. The van der Waals surface area contributed by atoms with E-state index < -0.39 is 23.4 Å². The second-order valence-electron chi connectivity index (χ2n) is 6.83. The molecule has 1 rings (SSSR count). The van der Waals surface area contributed by atoms with Gasteiger partial charge in [0, 0.05) is 11.4 Å². The summed E-state index contributed by atoms with van der Waals surface area (Å²) in [6, 6.07) is 6.72. The fraction of sp³-hybridized carbons (Fsp3) is 0.500. The maximum Gasteiger partial charge on any atom is 0.412 e.